The van der Waals surface area contributed by atoms with E-state index in [9.17, 15) is 0 Å². The lowest BCUT2D eigenvalue weighted by molar-refractivity contribution is 0.292. The van der Waals surface area contributed by atoms with Crippen molar-refractivity contribution >= 4 is 33.1 Å². The smallest absolute Gasteiger partial charge is 0.133 e. The number of nitrogens with two attached hydrogens (primary N) is 1. The molecule has 2 nitrogen and oxygen atoms in total. The van der Waals surface area contributed by atoms with Gasteiger partial charge in [-0.3, -0.25) is 0 Å². The van der Waals surface area contributed by atoms with Crippen molar-refractivity contribution in [3.8, 4) is 5.75 Å². The summed E-state index contributed by atoms with van der Waals surface area (Å²) in [6.07, 6.45) is 0. The molecule has 0 aliphatic rings. The molecule has 1 atom stereocenters. The Kier molecular flexibility index (Phi) is 4.35. The standard InChI is InChI=1S/C10H12BrNOS/c1-7(10(12)14)6-13-9-5-3-2-4-8(9)11/h2-5,7H,6H2,1H3,(H2,12,14). The van der Waals surface area contributed by atoms with Crippen LogP contribution < -0.4 is 10.5 Å². The predicted octanol–water partition coefficient (Wildman–Crippen LogP) is 2.75. The molecule has 1 rings (SSSR count). The fourth-order valence-corrected chi connectivity index (χ4v) is 1.33. The number of benzene rings is 1. The number of hydrogen-bond acceptors (Lipinski definition) is 2. The van der Waals surface area contributed by atoms with Gasteiger partial charge in [0.15, 0.2) is 0 Å². The molecular weight excluding hydrogens is 262 g/mol. The van der Waals surface area contributed by atoms with Gasteiger partial charge in [0.25, 0.3) is 0 Å². The molecule has 76 valence electrons. The number of para-hydroxylation sites is 1. The van der Waals surface area contributed by atoms with E-state index in [0.717, 1.165) is 10.2 Å². The Bertz CT molecular complexity index is 330. The van der Waals surface area contributed by atoms with E-state index in [-0.39, 0.29) is 5.92 Å². The first-order chi connectivity index (χ1) is 6.61. The molecule has 0 amide bonds. The minimum atomic E-state index is 0.0945. The van der Waals surface area contributed by atoms with Crippen LogP contribution in [0.25, 0.3) is 0 Å². The second-order valence-electron chi connectivity index (χ2n) is 3.04. The molecule has 0 saturated heterocycles. The SMILES string of the molecule is CC(COc1ccccc1Br)C(N)=S. The fraction of sp³-hybridized carbons (Fsp3) is 0.300. The van der Waals surface area contributed by atoms with Gasteiger partial charge in [-0.15, -0.1) is 0 Å². The highest BCUT2D eigenvalue weighted by Crippen LogP contribution is 2.24. The summed E-state index contributed by atoms with van der Waals surface area (Å²) < 4.78 is 6.49. The predicted molar refractivity (Wildman–Crippen MR) is 65.6 cm³/mol. The zero-order valence-electron chi connectivity index (χ0n) is 7.87. The Labute approximate surface area is 97.6 Å². The van der Waals surface area contributed by atoms with Crippen LogP contribution in [0.5, 0.6) is 5.75 Å². The van der Waals surface area contributed by atoms with Gasteiger partial charge in [0.1, 0.15) is 5.75 Å². The van der Waals surface area contributed by atoms with Crippen molar-refractivity contribution in [1.29, 1.82) is 0 Å². The summed E-state index contributed by atoms with van der Waals surface area (Å²) in [7, 11) is 0. The number of hydrogen-bond donors (Lipinski definition) is 1. The van der Waals surface area contributed by atoms with Gasteiger partial charge in [0.05, 0.1) is 16.1 Å². The molecule has 0 saturated carbocycles. The van der Waals surface area contributed by atoms with Crippen molar-refractivity contribution in [2.45, 2.75) is 6.92 Å². The lowest BCUT2D eigenvalue weighted by Crippen LogP contribution is -2.24. The first-order valence-corrected chi connectivity index (χ1v) is 5.48. The topological polar surface area (TPSA) is 35.2 Å². The quantitative estimate of drug-likeness (QED) is 0.857. The molecule has 1 unspecified atom stereocenters. The Morgan fingerprint density at radius 2 is 2.21 bits per heavy atom. The Morgan fingerprint density at radius 1 is 1.57 bits per heavy atom. The van der Waals surface area contributed by atoms with Crippen molar-refractivity contribution in [3.05, 3.63) is 28.7 Å². The maximum absolute atomic E-state index is 5.55. The molecule has 0 fully saturated rings. The molecule has 1 aromatic carbocycles. The van der Waals surface area contributed by atoms with Gasteiger partial charge < -0.3 is 10.5 Å². The van der Waals surface area contributed by atoms with Crippen molar-refractivity contribution in [3.63, 3.8) is 0 Å². The molecule has 0 spiro atoms. The van der Waals surface area contributed by atoms with Crippen LogP contribution in [0.4, 0.5) is 0 Å². The van der Waals surface area contributed by atoms with Crippen molar-refractivity contribution < 1.29 is 4.74 Å². The monoisotopic (exact) mass is 273 g/mol. The van der Waals surface area contributed by atoms with Gasteiger partial charge in [-0.2, -0.15) is 0 Å². The summed E-state index contributed by atoms with van der Waals surface area (Å²) in [5.41, 5.74) is 5.48. The van der Waals surface area contributed by atoms with E-state index in [1.54, 1.807) is 0 Å². The third-order valence-corrected chi connectivity index (χ3v) is 2.87. The molecule has 0 bridgehead atoms. The minimum Gasteiger partial charge on any atom is -0.492 e. The van der Waals surface area contributed by atoms with E-state index in [1.807, 2.05) is 31.2 Å². The van der Waals surface area contributed by atoms with Crippen LogP contribution in [0.15, 0.2) is 28.7 Å². The second-order valence-corrected chi connectivity index (χ2v) is 4.37. The molecule has 0 aliphatic heterocycles. The van der Waals surface area contributed by atoms with Gasteiger partial charge in [-0.1, -0.05) is 31.3 Å². The zero-order valence-corrected chi connectivity index (χ0v) is 10.3. The van der Waals surface area contributed by atoms with Crippen molar-refractivity contribution in [2.75, 3.05) is 6.61 Å². The van der Waals surface area contributed by atoms with Crippen LogP contribution >= 0.6 is 28.1 Å². The van der Waals surface area contributed by atoms with Gasteiger partial charge in [-0.25, -0.2) is 0 Å². The van der Waals surface area contributed by atoms with Crippen LogP contribution in [-0.4, -0.2) is 11.6 Å². The lowest BCUT2D eigenvalue weighted by atomic mass is 10.2. The first kappa shape index (κ1) is 11.5. The summed E-state index contributed by atoms with van der Waals surface area (Å²) >= 11 is 8.25. The average molecular weight is 274 g/mol. The summed E-state index contributed by atoms with van der Waals surface area (Å²) in [5.74, 6) is 0.910. The van der Waals surface area contributed by atoms with Gasteiger partial charge in [0.2, 0.25) is 0 Å². The summed E-state index contributed by atoms with van der Waals surface area (Å²) in [6, 6.07) is 7.69. The molecule has 0 radical (unpaired) electrons. The third-order valence-electron chi connectivity index (χ3n) is 1.81. The molecule has 2 N–H and O–H groups in total. The van der Waals surface area contributed by atoms with Crippen LogP contribution in [0.2, 0.25) is 0 Å². The van der Waals surface area contributed by atoms with E-state index in [4.69, 9.17) is 22.7 Å². The largest absolute Gasteiger partial charge is 0.492 e. The average Bonchev–Trinajstić information content (AvgIpc) is 2.16. The van der Waals surface area contributed by atoms with Gasteiger partial charge in [-0.05, 0) is 28.1 Å². The Balaban J connectivity index is 2.54. The number of thiocarbonyl (C=S) groups is 1. The lowest BCUT2D eigenvalue weighted by Gasteiger charge is -2.12. The van der Waals surface area contributed by atoms with E-state index >= 15 is 0 Å². The molecule has 1 aromatic rings. The van der Waals surface area contributed by atoms with Crippen LogP contribution in [0.3, 0.4) is 0 Å². The third kappa shape index (κ3) is 3.27. The second kappa shape index (κ2) is 5.32. The van der Waals surface area contributed by atoms with E-state index in [0.29, 0.717) is 11.6 Å². The number of halogens is 1. The van der Waals surface area contributed by atoms with E-state index in [2.05, 4.69) is 15.9 Å². The summed E-state index contributed by atoms with van der Waals surface area (Å²) in [6.45, 7) is 2.46. The molecule has 14 heavy (non-hydrogen) atoms. The van der Waals surface area contributed by atoms with Crippen LogP contribution in [0.1, 0.15) is 6.92 Å². The minimum absolute atomic E-state index is 0.0945. The number of ether oxygens (including phenoxy) is 1. The van der Waals surface area contributed by atoms with E-state index < -0.39 is 0 Å². The highest BCUT2D eigenvalue weighted by molar-refractivity contribution is 9.10. The Morgan fingerprint density at radius 3 is 2.79 bits per heavy atom. The van der Waals surface area contributed by atoms with Crippen molar-refractivity contribution in [1.82, 2.24) is 0 Å². The van der Waals surface area contributed by atoms with Gasteiger partial charge >= 0.3 is 0 Å². The maximum Gasteiger partial charge on any atom is 0.133 e. The molecule has 0 heterocycles. The van der Waals surface area contributed by atoms with Crippen LogP contribution in [-0.2, 0) is 0 Å². The zero-order chi connectivity index (χ0) is 10.6. The molecule has 4 heteroatoms. The highest BCUT2D eigenvalue weighted by atomic mass is 79.9. The Hall–Kier alpha value is -0.610. The highest BCUT2D eigenvalue weighted by Gasteiger charge is 2.06. The molecular formula is C10H12BrNOS. The van der Waals surface area contributed by atoms with E-state index in [1.165, 1.54) is 0 Å². The van der Waals surface area contributed by atoms with Crippen LogP contribution in [0, 0.1) is 5.92 Å². The van der Waals surface area contributed by atoms with Gasteiger partial charge in [0, 0.05) is 5.92 Å². The number of rotatable bonds is 4. The normalized spacial score (nSPS) is 12.1. The maximum atomic E-state index is 5.55. The van der Waals surface area contributed by atoms with Crippen molar-refractivity contribution in [2.24, 2.45) is 11.7 Å². The fourth-order valence-electron chi connectivity index (χ4n) is 0.859. The molecule has 0 aromatic heterocycles. The summed E-state index contributed by atoms with van der Waals surface area (Å²) in [4.78, 5) is 0.483. The molecule has 0 aliphatic carbocycles. The first-order valence-electron chi connectivity index (χ1n) is 4.28. The summed E-state index contributed by atoms with van der Waals surface area (Å²) in [5, 5.41) is 0.